The van der Waals surface area contributed by atoms with E-state index in [-0.39, 0.29) is 17.8 Å². The fraction of sp³-hybridized carbons (Fsp3) is 0.571. The van der Waals surface area contributed by atoms with Gasteiger partial charge in [-0.3, -0.25) is 0 Å². The lowest BCUT2D eigenvalue weighted by Crippen LogP contribution is -2.30. The number of benzene rings is 1. The third-order valence-electron chi connectivity index (χ3n) is 3.75. The lowest BCUT2D eigenvalue weighted by atomic mass is 9.84. The molecular weight excluding hydrogens is 231 g/mol. The van der Waals surface area contributed by atoms with Crippen molar-refractivity contribution in [2.24, 2.45) is 11.1 Å². The van der Waals surface area contributed by atoms with Gasteiger partial charge in [0.1, 0.15) is 11.9 Å². The van der Waals surface area contributed by atoms with E-state index in [4.69, 9.17) is 0 Å². The summed E-state index contributed by atoms with van der Waals surface area (Å²) < 4.78 is 13.2. The van der Waals surface area contributed by atoms with Crippen molar-refractivity contribution in [3.8, 4) is 0 Å². The summed E-state index contributed by atoms with van der Waals surface area (Å²) >= 11 is 0. The van der Waals surface area contributed by atoms with Crippen molar-refractivity contribution in [1.29, 1.82) is 0 Å². The second-order valence-electron chi connectivity index (χ2n) is 4.83. The maximum atomic E-state index is 13.2. The highest BCUT2D eigenvalue weighted by Gasteiger charge is 2.27. The number of nitrogens with one attached hydrogen (secondary N) is 1. The van der Waals surface area contributed by atoms with E-state index in [1.807, 2.05) is 6.92 Å². The van der Waals surface area contributed by atoms with E-state index in [9.17, 15) is 9.30 Å². The van der Waals surface area contributed by atoms with Crippen molar-refractivity contribution < 1.29 is 4.39 Å². The Kier molecular flexibility index (Phi) is 4.42. The molecule has 0 spiro atoms. The molecule has 2 rings (SSSR count). The first kappa shape index (κ1) is 13.1. The average molecular weight is 250 g/mol. The average Bonchev–Trinajstić information content (AvgIpc) is 2.42. The first-order chi connectivity index (χ1) is 8.76. The zero-order valence-corrected chi connectivity index (χ0v) is 10.7. The normalized spacial score (nSPS) is 18.6. The molecule has 0 saturated carbocycles. The summed E-state index contributed by atoms with van der Waals surface area (Å²) in [6.45, 7) is 3.83. The highest BCUT2D eigenvalue weighted by Crippen LogP contribution is 2.34. The monoisotopic (exact) mass is 250 g/mol. The quantitative estimate of drug-likeness (QED) is 0.834. The molecule has 1 N–H and O–H groups in total. The van der Waals surface area contributed by atoms with E-state index in [0.717, 1.165) is 43.5 Å². The summed E-state index contributed by atoms with van der Waals surface area (Å²) in [4.78, 5) is 11.2. The molecule has 0 radical (unpaired) electrons. The Bertz CT molecular complexity index is 416. The molecule has 1 fully saturated rings. The van der Waals surface area contributed by atoms with Crippen LogP contribution in [0.15, 0.2) is 23.4 Å². The van der Waals surface area contributed by atoms with Gasteiger partial charge in [-0.05, 0) is 61.5 Å². The molecule has 1 aliphatic heterocycles. The molecule has 1 atom stereocenters. The van der Waals surface area contributed by atoms with Gasteiger partial charge in [-0.25, -0.2) is 4.39 Å². The lowest BCUT2D eigenvalue weighted by Gasteiger charge is -2.27. The smallest absolute Gasteiger partial charge is 0.123 e. The van der Waals surface area contributed by atoms with Crippen molar-refractivity contribution in [3.05, 3.63) is 40.1 Å². The highest BCUT2D eigenvalue weighted by atomic mass is 19.1. The number of rotatable bonds is 4. The Labute approximate surface area is 107 Å². The molecule has 1 aromatic carbocycles. The maximum Gasteiger partial charge on any atom is 0.123 e. The molecule has 1 aromatic rings. The van der Waals surface area contributed by atoms with Crippen molar-refractivity contribution in [3.63, 3.8) is 0 Å². The minimum Gasteiger partial charge on any atom is -0.317 e. The number of hydrogen-bond donors (Lipinski definition) is 1. The summed E-state index contributed by atoms with van der Waals surface area (Å²) in [5.74, 6) is 0.0325. The molecule has 4 heteroatoms. The van der Waals surface area contributed by atoms with Crippen molar-refractivity contribution in [2.75, 3.05) is 13.1 Å². The number of nitroso groups, excluding NO2 is 1. The SMILES string of the molecule is CCc1cc(F)ccc1C(N=O)C1CCNCC1. The van der Waals surface area contributed by atoms with Crippen LogP contribution in [0.3, 0.4) is 0 Å². The number of hydrogen-bond acceptors (Lipinski definition) is 3. The molecule has 0 aromatic heterocycles. The number of nitrogens with zero attached hydrogens (tertiary/aromatic N) is 1. The fourth-order valence-electron chi connectivity index (χ4n) is 2.73. The lowest BCUT2D eigenvalue weighted by molar-refractivity contribution is 0.321. The first-order valence-electron chi connectivity index (χ1n) is 6.57. The molecule has 98 valence electrons. The molecule has 18 heavy (non-hydrogen) atoms. The second kappa shape index (κ2) is 6.05. The van der Waals surface area contributed by atoms with Gasteiger partial charge < -0.3 is 5.32 Å². The van der Waals surface area contributed by atoms with E-state index in [0.29, 0.717) is 0 Å². The molecule has 1 heterocycles. The molecule has 3 nitrogen and oxygen atoms in total. The number of aryl methyl sites for hydroxylation is 1. The molecular formula is C14H19FN2O. The Morgan fingerprint density at radius 3 is 2.78 bits per heavy atom. The van der Waals surface area contributed by atoms with E-state index < -0.39 is 0 Å². The van der Waals surface area contributed by atoms with Gasteiger partial charge in [0.15, 0.2) is 0 Å². The van der Waals surface area contributed by atoms with Gasteiger partial charge in [0, 0.05) is 0 Å². The van der Waals surface area contributed by atoms with Crippen LogP contribution in [0, 0.1) is 16.6 Å². The van der Waals surface area contributed by atoms with Crippen LogP contribution in [0.5, 0.6) is 0 Å². The van der Waals surface area contributed by atoms with Crippen molar-refractivity contribution in [2.45, 2.75) is 32.2 Å². The van der Waals surface area contributed by atoms with E-state index >= 15 is 0 Å². The minimum absolute atomic E-state index is 0.245. The van der Waals surface area contributed by atoms with Gasteiger partial charge in [-0.15, -0.1) is 0 Å². The Morgan fingerprint density at radius 2 is 2.17 bits per heavy atom. The number of halogens is 1. The Balaban J connectivity index is 2.28. The van der Waals surface area contributed by atoms with Crippen LogP contribution in [0.4, 0.5) is 4.39 Å². The number of piperidine rings is 1. The van der Waals surface area contributed by atoms with Crippen LogP contribution in [-0.2, 0) is 6.42 Å². The Morgan fingerprint density at radius 1 is 1.44 bits per heavy atom. The summed E-state index contributed by atoms with van der Waals surface area (Å²) in [5.41, 5.74) is 1.80. The van der Waals surface area contributed by atoms with Crippen LogP contribution in [0.25, 0.3) is 0 Å². The zero-order valence-electron chi connectivity index (χ0n) is 10.7. The minimum atomic E-state index is -0.331. The predicted octanol–water partition coefficient (Wildman–Crippen LogP) is 3.20. The second-order valence-corrected chi connectivity index (χ2v) is 4.83. The standard InChI is InChI=1S/C14H19FN2O/c1-2-10-9-12(15)3-4-13(10)14(17-18)11-5-7-16-8-6-11/h3-4,9,11,14,16H,2,5-8H2,1H3. The van der Waals surface area contributed by atoms with Gasteiger partial charge in [-0.1, -0.05) is 18.2 Å². The van der Waals surface area contributed by atoms with Crippen LogP contribution in [0.1, 0.15) is 36.9 Å². The van der Waals surface area contributed by atoms with Crippen molar-refractivity contribution >= 4 is 0 Å². The third-order valence-corrected chi connectivity index (χ3v) is 3.75. The predicted molar refractivity (Wildman–Crippen MR) is 69.9 cm³/mol. The van der Waals surface area contributed by atoms with Crippen LogP contribution < -0.4 is 5.32 Å². The van der Waals surface area contributed by atoms with E-state index in [1.54, 1.807) is 6.07 Å². The van der Waals surface area contributed by atoms with E-state index in [1.165, 1.54) is 12.1 Å². The molecule has 0 bridgehead atoms. The van der Waals surface area contributed by atoms with Crippen LogP contribution in [0.2, 0.25) is 0 Å². The molecule has 0 amide bonds. The zero-order chi connectivity index (χ0) is 13.0. The highest BCUT2D eigenvalue weighted by molar-refractivity contribution is 5.31. The van der Waals surface area contributed by atoms with E-state index in [2.05, 4.69) is 10.5 Å². The summed E-state index contributed by atoms with van der Waals surface area (Å²) in [5, 5.41) is 6.60. The topological polar surface area (TPSA) is 41.5 Å². The van der Waals surface area contributed by atoms with Gasteiger partial charge in [-0.2, -0.15) is 4.91 Å². The fourth-order valence-corrected chi connectivity index (χ4v) is 2.73. The third kappa shape index (κ3) is 2.75. The molecule has 1 saturated heterocycles. The summed E-state index contributed by atoms with van der Waals surface area (Å²) in [6, 6.07) is 4.34. The van der Waals surface area contributed by atoms with Gasteiger partial charge >= 0.3 is 0 Å². The van der Waals surface area contributed by atoms with Gasteiger partial charge in [0.25, 0.3) is 0 Å². The molecule has 1 aliphatic rings. The van der Waals surface area contributed by atoms with Gasteiger partial charge in [0.2, 0.25) is 0 Å². The van der Waals surface area contributed by atoms with Crippen LogP contribution in [-0.4, -0.2) is 13.1 Å². The summed E-state index contributed by atoms with van der Waals surface area (Å²) in [7, 11) is 0. The first-order valence-corrected chi connectivity index (χ1v) is 6.57. The molecule has 0 aliphatic carbocycles. The largest absolute Gasteiger partial charge is 0.317 e. The maximum absolute atomic E-state index is 13.2. The Hall–Kier alpha value is -1.29. The molecule has 1 unspecified atom stereocenters. The van der Waals surface area contributed by atoms with Crippen LogP contribution >= 0.6 is 0 Å². The van der Waals surface area contributed by atoms with Gasteiger partial charge in [0.05, 0.1) is 0 Å². The summed E-state index contributed by atoms with van der Waals surface area (Å²) in [6.07, 6.45) is 2.64. The van der Waals surface area contributed by atoms with Crippen molar-refractivity contribution in [1.82, 2.24) is 5.32 Å².